The molecule has 0 bridgehead atoms. The van der Waals surface area contributed by atoms with Gasteiger partial charge in [0.25, 0.3) is 5.91 Å². The third kappa shape index (κ3) is 3.53. The summed E-state index contributed by atoms with van der Waals surface area (Å²) < 4.78 is 5.59. The maximum absolute atomic E-state index is 12.8. The molecule has 0 aromatic heterocycles. The van der Waals surface area contributed by atoms with Gasteiger partial charge < -0.3 is 14.5 Å². The lowest BCUT2D eigenvalue weighted by Crippen LogP contribution is -2.48. The van der Waals surface area contributed by atoms with Crippen molar-refractivity contribution in [3.8, 4) is 5.75 Å². The van der Waals surface area contributed by atoms with Crippen LogP contribution in [0.25, 0.3) is 0 Å². The Balaban J connectivity index is 1.67. The van der Waals surface area contributed by atoms with Crippen molar-refractivity contribution in [3.63, 3.8) is 0 Å². The molecule has 1 amide bonds. The summed E-state index contributed by atoms with van der Waals surface area (Å²) >= 11 is 0. The van der Waals surface area contributed by atoms with Gasteiger partial charge in [0, 0.05) is 31.9 Å². The van der Waals surface area contributed by atoms with E-state index in [9.17, 15) is 4.79 Å². The molecule has 0 radical (unpaired) electrons. The first-order chi connectivity index (χ1) is 11.7. The number of hydrogen-bond donors (Lipinski definition) is 0. The predicted octanol–water partition coefficient (Wildman–Crippen LogP) is 3.36. The van der Waals surface area contributed by atoms with E-state index >= 15 is 0 Å². The number of hydrogen-bond acceptors (Lipinski definition) is 3. The van der Waals surface area contributed by atoms with Gasteiger partial charge in [-0.1, -0.05) is 24.3 Å². The summed E-state index contributed by atoms with van der Waals surface area (Å²) in [6.45, 7) is 7.76. The van der Waals surface area contributed by atoms with Crippen LogP contribution in [0.1, 0.15) is 22.8 Å². The minimum atomic E-state index is 0.0583. The Bertz CT molecular complexity index is 706. The first-order valence-corrected chi connectivity index (χ1v) is 8.51. The summed E-state index contributed by atoms with van der Waals surface area (Å²) in [6.07, 6.45) is 0. The number of rotatable bonds is 4. The molecule has 126 valence electrons. The zero-order valence-electron chi connectivity index (χ0n) is 14.4. The van der Waals surface area contributed by atoms with Crippen LogP contribution < -0.4 is 9.64 Å². The van der Waals surface area contributed by atoms with Crippen LogP contribution in [-0.2, 0) is 0 Å². The second kappa shape index (κ2) is 7.39. The maximum atomic E-state index is 12.8. The van der Waals surface area contributed by atoms with Gasteiger partial charge in [0.2, 0.25) is 0 Å². The van der Waals surface area contributed by atoms with Gasteiger partial charge in [0.15, 0.2) is 0 Å². The van der Waals surface area contributed by atoms with Crippen molar-refractivity contribution in [2.24, 2.45) is 0 Å². The van der Waals surface area contributed by atoms with Crippen LogP contribution in [0.4, 0.5) is 5.69 Å². The molecule has 0 saturated carbocycles. The molecule has 4 heteroatoms. The molecule has 2 aromatic rings. The number of piperazine rings is 1. The van der Waals surface area contributed by atoms with Crippen molar-refractivity contribution in [3.05, 3.63) is 59.7 Å². The molecule has 0 spiro atoms. The third-order valence-corrected chi connectivity index (χ3v) is 4.35. The molecule has 1 aliphatic heterocycles. The molecule has 2 aromatic carbocycles. The molecule has 0 atom stereocenters. The summed E-state index contributed by atoms with van der Waals surface area (Å²) in [5.74, 6) is 0.731. The van der Waals surface area contributed by atoms with Gasteiger partial charge in [-0.15, -0.1) is 0 Å². The first kappa shape index (κ1) is 16.4. The van der Waals surface area contributed by atoms with E-state index in [-0.39, 0.29) is 5.91 Å². The lowest BCUT2D eigenvalue weighted by Gasteiger charge is -2.36. The van der Waals surface area contributed by atoms with Gasteiger partial charge in [-0.2, -0.15) is 0 Å². The number of anilines is 1. The van der Waals surface area contributed by atoms with Gasteiger partial charge in [-0.25, -0.2) is 0 Å². The minimum Gasteiger partial charge on any atom is -0.493 e. The quantitative estimate of drug-likeness (QED) is 0.864. The van der Waals surface area contributed by atoms with Gasteiger partial charge in [0.1, 0.15) is 5.75 Å². The zero-order valence-corrected chi connectivity index (χ0v) is 14.4. The van der Waals surface area contributed by atoms with Crippen LogP contribution in [0.2, 0.25) is 0 Å². The molecule has 4 nitrogen and oxygen atoms in total. The fraction of sp³-hybridized carbons (Fsp3) is 0.350. The topological polar surface area (TPSA) is 32.8 Å². The Kier molecular flexibility index (Phi) is 5.04. The van der Waals surface area contributed by atoms with Crippen LogP contribution in [0.3, 0.4) is 0 Å². The Morgan fingerprint density at radius 1 is 1.04 bits per heavy atom. The van der Waals surface area contributed by atoms with Crippen molar-refractivity contribution in [1.29, 1.82) is 0 Å². The second-order valence-corrected chi connectivity index (χ2v) is 6.05. The van der Waals surface area contributed by atoms with Crippen LogP contribution in [-0.4, -0.2) is 43.6 Å². The first-order valence-electron chi connectivity index (χ1n) is 8.51. The van der Waals surface area contributed by atoms with Crippen molar-refractivity contribution >= 4 is 11.6 Å². The van der Waals surface area contributed by atoms with Gasteiger partial charge in [0.05, 0.1) is 12.2 Å². The SMILES string of the molecule is CCOc1ccccc1C(=O)N1CCN(c2cccc(C)c2)CC1. The average molecular weight is 324 g/mol. The molecule has 1 heterocycles. The molecule has 0 N–H and O–H groups in total. The van der Waals surface area contributed by atoms with Crippen molar-refractivity contribution < 1.29 is 9.53 Å². The number of benzene rings is 2. The monoisotopic (exact) mass is 324 g/mol. The third-order valence-electron chi connectivity index (χ3n) is 4.35. The number of amides is 1. The predicted molar refractivity (Wildman–Crippen MR) is 96.9 cm³/mol. The minimum absolute atomic E-state index is 0.0583. The number of nitrogens with zero attached hydrogens (tertiary/aromatic N) is 2. The molecular formula is C20H24N2O2. The fourth-order valence-electron chi connectivity index (χ4n) is 3.09. The molecule has 0 aliphatic carbocycles. The van der Waals surface area contributed by atoms with Crippen LogP contribution >= 0.6 is 0 Å². The van der Waals surface area contributed by atoms with E-state index in [1.54, 1.807) is 0 Å². The summed E-state index contributed by atoms with van der Waals surface area (Å²) in [7, 11) is 0. The average Bonchev–Trinajstić information content (AvgIpc) is 2.62. The summed E-state index contributed by atoms with van der Waals surface area (Å²) in [4.78, 5) is 17.1. The molecule has 24 heavy (non-hydrogen) atoms. The van der Waals surface area contributed by atoms with E-state index in [0.717, 1.165) is 26.2 Å². The van der Waals surface area contributed by atoms with Crippen LogP contribution in [0.5, 0.6) is 5.75 Å². The number of ether oxygens (including phenoxy) is 1. The molecule has 1 fully saturated rings. The Labute approximate surface area is 143 Å². The highest BCUT2D eigenvalue weighted by molar-refractivity contribution is 5.97. The van der Waals surface area contributed by atoms with E-state index in [0.29, 0.717) is 17.9 Å². The molecule has 1 saturated heterocycles. The largest absolute Gasteiger partial charge is 0.493 e. The lowest BCUT2D eigenvalue weighted by atomic mass is 10.1. The van der Waals surface area contributed by atoms with Crippen molar-refractivity contribution in [1.82, 2.24) is 4.90 Å². The van der Waals surface area contributed by atoms with Gasteiger partial charge >= 0.3 is 0 Å². The number of carbonyl (C=O) groups excluding carboxylic acids is 1. The van der Waals surface area contributed by atoms with Crippen molar-refractivity contribution in [2.45, 2.75) is 13.8 Å². The van der Waals surface area contributed by atoms with Gasteiger partial charge in [-0.05, 0) is 43.7 Å². The number of carbonyl (C=O) groups is 1. The Morgan fingerprint density at radius 2 is 1.79 bits per heavy atom. The highest BCUT2D eigenvalue weighted by Gasteiger charge is 2.24. The second-order valence-electron chi connectivity index (χ2n) is 6.05. The summed E-state index contributed by atoms with van der Waals surface area (Å²) in [5, 5.41) is 0. The highest BCUT2D eigenvalue weighted by atomic mass is 16.5. The molecule has 1 aliphatic rings. The smallest absolute Gasteiger partial charge is 0.257 e. The van der Waals surface area contributed by atoms with Gasteiger partial charge in [-0.3, -0.25) is 4.79 Å². The Morgan fingerprint density at radius 3 is 2.50 bits per heavy atom. The highest BCUT2D eigenvalue weighted by Crippen LogP contribution is 2.22. The lowest BCUT2D eigenvalue weighted by molar-refractivity contribution is 0.0742. The molecule has 0 unspecified atom stereocenters. The van der Waals surface area contributed by atoms with E-state index in [2.05, 4.69) is 36.1 Å². The van der Waals surface area contributed by atoms with E-state index < -0.39 is 0 Å². The fourth-order valence-corrected chi connectivity index (χ4v) is 3.09. The number of aryl methyl sites for hydroxylation is 1. The molecule has 3 rings (SSSR count). The maximum Gasteiger partial charge on any atom is 0.257 e. The summed E-state index contributed by atoms with van der Waals surface area (Å²) in [5.41, 5.74) is 3.15. The number of para-hydroxylation sites is 1. The standard InChI is InChI=1S/C20H24N2O2/c1-3-24-19-10-5-4-9-18(19)20(23)22-13-11-21(12-14-22)17-8-6-7-16(2)15-17/h4-10,15H,3,11-14H2,1-2H3. The normalized spacial score (nSPS) is 14.6. The molecular weight excluding hydrogens is 300 g/mol. The van der Waals surface area contributed by atoms with E-state index in [1.807, 2.05) is 36.1 Å². The van der Waals surface area contributed by atoms with Crippen LogP contribution in [0, 0.1) is 6.92 Å². The van der Waals surface area contributed by atoms with Crippen molar-refractivity contribution in [2.75, 3.05) is 37.7 Å². The Hall–Kier alpha value is -2.49. The van der Waals surface area contributed by atoms with Crippen LogP contribution in [0.15, 0.2) is 48.5 Å². The zero-order chi connectivity index (χ0) is 16.9. The van der Waals surface area contributed by atoms with E-state index in [4.69, 9.17) is 4.74 Å². The summed E-state index contributed by atoms with van der Waals surface area (Å²) in [6, 6.07) is 16.0. The van der Waals surface area contributed by atoms with E-state index in [1.165, 1.54) is 11.3 Å².